The topological polar surface area (TPSA) is 37.3 Å². The van der Waals surface area contributed by atoms with Crippen molar-refractivity contribution in [2.24, 2.45) is 0 Å². The fraction of sp³-hybridized carbons (Fsp3) is 0.385. The van der Waals surface area contributed by atoms with Gasteiger partial charge in [0.1, 0.15) is 6.29 Å². The quantitative estimate of drug-likeness (QED) is 0.423. The third kappa shape index (κ3) is 8.73. The molecule has 0 spiro atoms. The van der Waals surface area contributed by atoms with Gasteiger partial charge >= 0.3 is 18.9 Å². The molecular weight excluding hydrogens is 195 g/mol. The largest absolute Gasteiger partial charge is 1.00 e. The maximum Gasteiger partial charge on any atom is 1.00 e. The summed E-state index contributed by atoms with van der Waals surface area (Å²) in [5, 5.41) is 8.59. The Morgan fingerprint density at radius 3 is 2.50 bits per heavy atom. The first-order valence-electron chi connectivity index (χ1n) is 5.22. The van der Waals surface area contributed by atoms with E-state index in [4.69, 9.17) is 5.11 Å². The van der Waals surface area contributed by atoms with Crippen molar-refractivity contribution in [3.05, 3.63) is 42.3 Å². The predicted molar refractivity (Wildman–Crippen MR) is 62.9 cm³/mol. The van der Waals surface area contributed by atoms with Crippen molar-refractivity contribution in [2.45, 2.75) is 26.2 Å². The summed E-state index contributed by atoms with van der Waals surface area (Å²) >= 11 is 0. The van der Waals surface area contributed by atoms with E-state index in [2.05, 4.69) is 13.8 Å². The normalized spacial score (nSPS) is 8.44. The minimum atomic E-state index is 0. The van der Waals surface area contributed by atoms with E-state index in [9.17, 15) is 4.79 Å². The zero-order valence-electron chi connectivity index (χ0n) is 10.3. The van der Waals surface area contributed by atoms with E-state index in [1.165, 1.54) is 6.42 Å². The van der Waals surface area contributed by atoms with Crippen LogP contribution >= 0.6 is 0 Å². The van der Waals surface area contributed by atoms with Crippen LogP contribution in [0.3, 0.4) is 0 Å². The summed E-state index contributed by atoms with van der Waals surface area (Å²) in [6, 6.07) is 7.23. The molecule has 0 aliphatic rings. The summed E-state index contributed by atoms with van der Waals surface area (Å²) in [7, 11) is 0. The van der Waals surface area contributed by atoms with Crippen LogP contribution in [0.2, 0.25) is 0 Å². The molecule has 0 fully saturated rings. The Labute approximate surface area is 110 Å². The summed E-state index contributed by atoms with van der Waals surface area (Å²) in [6.07, 6.45) is 3.70. The third-order valence-corrected chi connectivity index (χ3v) is 1.84. The number of carbonyl (C=O) groups excluding carboxylic acids is 1. The van der Waals surface area contributed by atoms with Crippen molar-refractivity contribution in [3.8, 4) is 0 Å². The van der Waals surface area contributed by atoms with Crippen LogP contribution in [0.15, 0.2) is 24.3 Å². The summed E-state index contributed by atoms with van der Waals surface area (Å²) in [5.74, 6) is 0. The molecule has 0 heterocycles. The number of hydrogen-bond acceptors (Lipinski definition) is 2. The average Bonchev–Trinajstić information content (AvgIpc) is 2.30. The van der Waals surface area contributed by atoms with Crippen LogP contribution in [0.5, 0.6) is 0 Å². The van der Waals surface area contributed by atoms with Crippen molar-refractivity contribution in [3.63, 3.8) is 0 Å². The van der Waals surface area contributed by atoms with Crippen molar-refractivity contribution in [1.82, 2.24) is 0 Å². The molecule has 2 nitrogen and oxygen atoms in total. The molecule has 84 valence electrons. The number of aliphatic hydroxyl groups is 1. The molecule has 0 aliphatic heterocycles. The molecule has 0 atom stereocenters. The van der Waals surface area contributed by atoms with Gasteiger partial charge in [-0.2, -0.15) is 6.42 Å². The summed E-state index contributed by atoms with van der Waals surface area (Å²) < 4.78 is 0. The molecule has 0 bridgehead atoms. The van der Waals surface area contributed by atoms with E-state index in [-0.39, 0.29) is 25.5 Å². The van der Waals surface area contributed by atoms with Crippen LogP contribution in [0.4, 0.5) is 0 Å². The minimum absolute atomic E-state index is 0. The van der Waals surface area contributed by atoms with Crippen LogP contribution < -0.4 is 18.9 Å². The minimum Gasteiger partial charge on any atom is -0.396 e. The molecule has 1 aromatic rings. The first-order valence-corrected chi connectivity index (χ1v) is 5.22. The van der Waals surface area contributed by atoms with Gasteiger partial charge in [-0.1, -0.05) is 31.5 Å². The fourth-order valence-electron chi connectivity index (χ4n) is 0.951. The Kier molecular flexibility index (Phi) is 13.9. The van der Waals surface area contributed by atoms with Gasteiger partial charge in [0.15, 0.2) is 0 Å². The van der Waals surface area contributed by atoms with Crippen molar-refractivity contribution >= 4 is 6.29 Å². The Balaban J connectivity index is 0. The number of hydrogen-bond donors (Lipinski definition) is 1. The maximum atomic E-state index is 10.3. The zero-order valence-corrected chi connectivity index (χ0v) is 10.3. The van der Waals surface area contributed by atoms with Gasteiger partial charge < -0.3 is 12.0 Å². The van der Waals surface area contributed by atoms with Gasteiger partial charge in [0.2, 0.25) is 0 Å². The van der Waals surface area contributed by atoms with Gasteiger partial charge in [0.25, 0.3) is 0 Å². The third-order valence-electron chi connectivity index (χ3n) is 1.84. The molecule has 0 saturated carbocycles. The van der Waals surface area contributed by atoms with E-state index in [0.29, 0.717) is 12.0 Å². The van der Waals surface area contributed by atoms with Gasteiger partial charge in [0, 0.05) is 12.2 Å². The molecule has 1 aromatic carbocycles. The van der Waals surface area contributed by atoms with Gasteiger partial charge in [-0.3, -0.25) is 4.79 Å². The van der Waals surface area contributed by atoms with E-state index < -0.39 is 0 Å². The van der Waals surface area contributed by atoms with Crippen LogP contribution in [-0.2, 0) is 6.42 Å². The second-order valence-electron chi connectivity index (χ2n) is 3.19. The Bertz CT molecular complexity index is 272. The molecular formula is C13H19LiO2. The van der Waals surface area contributed by atoms with Gasteiger partial charge in [-0.15, -0.1) is 0 Å². The second kappa shape index (κ2) is 12.5. The summed E-state index contributed by atoms with van der Waals surface area (Å²) in [5.41, 5.74) is 1.66. The first kappa shape index (κ1) is 17.8. The molecule has 0 aliphatic carbocycles. The Morgan fingerprint density at radius 1 is 1.44 bits per heavy atom. The smallest absolute Gasteiger partial charge is 0.396 e. The van der Waals surface area contributed by atoms with Gasteiger partial charge in [0.05, 0.1) is 0 Å². The number of unbranched alkanes of at least 4 members (excludes halogenated alkanes) is 1. The van der Waals surface area contributed by atoms with E-state index >= 15 is 0 Å². The SMILES string of the molecule is O=Cc1cccc(CCO)c1.[CH2-]CCC.[Li+]. The van der Waals surface area contributed by atoms with Gasteiger partial charge in [-0.05, 0) is 18.1 Å². The molecule has 3 heteroatoms. The van der Waals surface area contributed by atoms with E-state index in [1.807, 2.05) is 12.1 Å². The second-order valence-corrected chi connectivity index (χ2v) is 3.19. The van der Waals surface area contributed by atoms with Crippen LogP contribution in [0, 0.1) is 6.92 Å². The summed E-state index contributed by atoms with van der Waals surface area (Å²) in [4.78, 5) is 10.3. The van der Waals surface area contributed by atoms with Crippen LogP contribution in [-0.4, -0.2) is 18.0 Å². The molecule has 0 aromatic heterocycles. The van der Waals surface area contributed by atoms with Crippen molar-refractivity contribution < 1.29 is 28.8 Å². The standard InChI is InChI=1S/C9H10O2.C4H9.Li/c10-5-4-8-2-1-3-9(6-8)7-11;1-3-4-2;/h1-3,6-7,10H,4-5H2;1,3-4H2,2H3;/q;-1;+1. The Hall–Kier alpha value is -0.553. The number of carbonyl (C=O) groups is 1. The number of aliphatic hydroxyl groups excluding tert-OH is 1. The zero-order chi connectivity index (χ0) is 11.5. The predicted octanol–water partition coefficient (Wildman–Crippen LogP) is -0.342. The number of rotatable bonds is 4. The summed E-state index contributed by atoms with van der Waals surface area (Å²) in [6.45, 7) is 5.85. The van der Waals surface area contributed by atoms with Crippen LogP contribution in [0.1, 0.15) is 35.7 Å². The maximum absolute atomic E-state index is 10.3. The molecule has 0 saturated heterocycles. The van der Waals surface area contributed by atoms with Crippen molar-refractivity contribution in [1.29, 1.82) is 0 Å². The molecule has 0 radical (unpaired) electrons. The molecule has 0 unspecified atom stereocenters. The Morgan fingerprint density at radius 2 is 2.06 bits per heavy atom. The van der Waals surface area contributed by atoms with Crippen molar-refractivity contribution in [2.75, 3.05) is 6.61 Å². The molecule has 1 N–H and O–H groups in total. The molecule has 1 rings (SSSR count). The first-order chi connectivity index (χ1) is 7.28. The van der Waals surface area contributed by atoms with Gasteiger partial charge in [-0.25, -0.2) is 0 Å². The molecule has 0 amide bonds. The monoisotopic (exact) mass is 214 g/mol. The molecule has 16 heavy (non-hydrogen) atoms. The number of aldehydes is 1. The average molecular weight is 214 g/mol. The van der Waals surface area contributed by atoms with E-state index in [0.717, 1.165) is 18.3 Å². The fourth-order valence-corrected chi connectivity index (χ4v) is 0.951. The van der Waals surface area contributed by atoms with Crippen LogP contribution in [0.25, 0.3) is 0 Å². The number of benzene rings is 1. The van der Waals surface area contributed by atoms with E-state index in [1.54, 1.807) is 12.1 Å².